The van der Waals surface area contributed by atoms with Gasteiger partial charge in [-0.05, 0) is 41.6 Å². The van der Waals surface area contributed by atoms with Crippen LogP contribution < -0.4 is 4.90 Å². The predicted octanol–water partition coefficient (Wildman–Crippen LogP) is 1.44. The first kappa shape index (κ1) is 10.8. The summed E-state index contributed by atoms with van der Waals surface area (Å²) in [6.45, 7) is 2.67. The highest BCUT2D eigenvalue weighted by Crippen LogP contribution is 2.16. The van der Waals surface area contributed by atoms with Crippen molar-refractivity contribution >= 4 is 34.3 Å². The molecule has 0 saturated carbocycles. The molecule has 1 aliphatic heterocycles. The van der Waals surface area contributed by atoms with Crippen molar-refractivity contribution in [3.05, 3.63) is 21.9 Å². The van der Waals surface area contributed by atoms with Crippen LogP contribution in [0.15, 0.2) is 18.3 Å². The van der Waals surface area contributed by atoms with Gasteiger partial charge in [0.1, 0.15) is 12.4 Å². The molecule has 1 aliphatic rings. The van der Waals surface area contributed by atoms with E-state index >= 15 is 0 Å². The van der Waals surface area contributed by atoms with Crippen molar-refractivity contribution in [2.75, 3.05) is 18.1 Å². The largest absolute Gasteiger partial charge is 0.367 e. The molecule has 2 rings (SSSR count). The van der Waals surface area contributed by atoms with Gasteiger partial charge in [0.05, 0.1) is 12.6 Å². The summed E-state index contributed by atoms with van der Waals surface area (Å²) in [5.74, 6) is 0.678. The molecule has 0 aliphatic carbocycles. The number of carbonyl (C=O) groups excluding carboxylic acids is 1. The second kappa shape index (κ2) is 4.44. The topological polar surface area (TPSA) is 42.4 Å². The minimum atomic E-state index is -0.0261. The standard InChI is InChI=1S/C10H11IN2O2/c1-7-5-13(10(14)6-15-7)9-3-2-8(11)4-12-9/h2-4,7H,5-6H2,1H3/t7-/m0/s1. The van der Waals surface area contributed by atoms with Crippen LogP contribution >= 0.6 is 22.6 Å². The molecule has 0 bridgehead atoms. The van der Waals surface area contributed by atoms with Gasteiger partial charge >= 0.3 is 0 Å². The third-order valence-corrected chi connectivity index (χ3v) is 2.86. The van der Waals surface area contributed by atoms with Crippen molar-refractivity contribution in [1.82, 2.24) is 4.98 Å². The Hall–Kier alpha value is -0.690. The van der Waals surface area contributed by atoms with Crippen LogP contribution in [0.25, 0.3) is 0 Å². The molecule has 1 aromatic heterocycles. The minimum absolute atomic E-state index is 0.0261. The van der Waals surface area contributed by atoms with Crippen LogP contribution in [0.4, 0.5) is 5.82 Å². The quantitative estimate of drug-likeness (QED) is 0.736. The molecule has 1 amide bonds. The Labute approximate surface area is 102 Å². The highest BCUT2D eigenvalue weighted by atomic mass is 127. The van der Waals surface area contributed by atoms with E-state index in [1.807, 2.05) is 19.1 Å². The van der Waals surface area contributed by atoms with E-state index in [0.717, 1.165) is 3.57 Å². The predicted molar refractivity (Wildman–Crippen MR) is 64.7 cm³/mol. The summed E-state index contributed by atoms with van der Waals surface area (Å²) in [7, 11) is 0. The fraction of sp³-hybridized carbons (Fsp3) is 0.400. The SMILES string of the molecule is C[C@H]1CN(c2ccc(I)cn2)C(=O)CO1. The van der Waals surface area contributed by atoms with E-state index in [9.17, 15) is 4.79 Å². The van der Waals surface area contributed by atoms with Crippen molar-refractivity contribution < 1.29 is 9.53 Å². The fourth-order valence-electron chi connectivity index (χ4n) is 1.45. The van der Waals surface area contributed by atoms with Gasteiger partial charge in [0.25, 0.3) is 5.91 Å². The average Bonchev–Trinajstić information content (AvgIpc) is 2.23. The minimum Gasteiger partial charge on any atom is -0.367 e. The maximum Gasteiger partial charge on any atom is 0.254 e. The Balaban J connectivity index is 2.21. The molecule has 5 heteroatoms. The van der Waals surface area contributed by atoms with Crippen molar-refractivity contribution in [2.45, 2.75) is 13.0 Å². The van der Waals surface area contributed by atoms with E-state index < -0.39 is 0 Å². The highest BCUT2D eigenvalue weighted by Gasteiger charge is 2.25. The second-order valence-corrected chi connectivity index (χ2v) is 4.71. The third kappa shape index (κ3) is 2.46. The smallest absolute Gasteiger partial charge is 0.254 e. The zero-order valence-electron chi connectivity index (χ0n) is 8.31. The van der Waals surface area contributed by atoms with Crippen LogP contribution in [0.2, 0.25) is 0 Å². The van der Waals surface area contributed by atoms with Gasteiger partial charge in [-0.2, -0.15) is 0 Å². The molecule has 80 valence electrons. The number of nitrogens with zero attached hydrogens (tertiary/aromatic N) is 2. The number of hydrogen-bond donors (Lipinski definition) is 0. The molecule has 1 atom stereocenters. The van der Waals surface area contributed by atoms with Gasteiger partial charge in [-0.15, -0.1) is 0 Å². The van der Waals surface area contributed by atoms with Crippen LogP contribution in [0, 0.1) is 3.57 Å². The molecule has 0 radical (unpaired) electrons. The number of pyridine rings is 1. The van der Waals surface area contributed by atoms with Crippen molar-refractivity contribution in [1.29, 1.82) is 0 Å². The van der Waals surface area contributed by atoms with E-state index in [-0.39, 0.29) is 18.6 Å². The number of morpholine rings is 1. The van der Waals surface area contributed by atoms with Gasteiger partial charge in [-0.25, -0.2) is 4.98 Å². The van der Waals surface area contributed by atoms with E-state index in [1.165, 1.54) is 0 Å². The maximum absolute atomic E-state index is 11.6. The second-order valence-electron chi connectivity index (χ2n) is 3.46. The summed E-state index contributed by atoms with van der Waals surface area (Å²) >= 11 is 2.19. The van der Waals surface area contributed by atoms with E-state index in [0.29, 0.717) is 12.4 Å². The molecule has 0 unspecified atom stereocenters. The zero-order chi connectivity index (χ0) is 10.8. The van der Waals surface area contributed by atoms with Gasteiger partial charge in [-0.3, -0.25) is 9.69 Å². The number of anilines is 1. The van der Waals surface area contributed by atoms with E-state index in [1.54, 1.807) is 11.1 Å². The van der Waals surface area contributed by atoms with E-state index in [4.69, 9.17) is 4.74 Å². The summed E-state index contributed by atoms with van der Waals surface area (Å²) in [6.07, 6.45) is 1.83. The Morgan fingerprint density at radius 3 is 3.07 bits per heavy atom. The lowest BCUT2D eigenvalue weighted by Gasteiger charge is -2.30. The van der Waals surface area contributed by atoms with Crippen LogP contribution in [0.1, 0.15) is 6.92 Å². The summed E-state index contributed by atoms with van der Waals surface area (Å²) < 4.78 is 6.31. The number of halogens is 1. The molecule has 1 fully saturated rings. The molecule has 2 heterocycles. The van der Waals surface area contributed by atoms with Crippen LogP contribution in [-0.2, 0) is 9.53 Å². The Morgan fingerprint density at radius 1 is 1.60 bits per heavy atom. The van der Waals surface area contributed by atoms with Crippen LogP contribution in [0.3, 0.4) is 0 Å². The third-order valence-electron chi connectivity index (χ3n) is 2.22. The van der Waals surface area contributed by atoms with Crippen LogP contribution in [0.5, 0.6) is 0 Å². The molecule has 15 heavy (non-hydrogen) atoms. The lowest BCUT2D eigenvalue weighted by molar-refractivity contribution is -0.128. The van der Waals surface area contributed by atoms with Gasteiger partial charge < -0.3 is 4.74 Å². The maximum atomic E-state index is 11.6. The highest BCUT2D eigenvalue weighted by molar-refractivity contribution is 14.1. The molecule has 4 nitrogen and oxygen atoms in total. The molecular weight excluding hydrogens is 307 g/mol. The molecule has 0 N–H and O–H groups in total. The first-order valence-electron chi connectivity index (χ1n) is 4.70. The molecule has 1 aromatic rings. The van der Waals surface area contributed by atoms with Gasteiger partial charge in [-0.1, -0.05) is 0 Å². The van der Waals surface area contributed by atoms with Crippen molar-refractivity contribution in [3.63, 3.8) is 0 Å². The summed E-state index contributed by atoms with van der Waals surface area (Å²) in [5.41, 5.74) is 0. The lowest BCUT2D eigenvalue weighted by atomic mass is 10.3. The fourth-order valence-corrected chi connectivity index (χ4v) is 1.77. The summed E-state index contributed by atoms with van der Waals surface area (Å²) in [4.78, 5) is 17.5. The van der Waals surface area contributed by atoms with E-state index in [2.05, 4.69) is 27.6 Å². The molecule has 0 spiro atoms. The van der Waals surface area contributed by atoms with Crippen LogP contribution in [-0.4, -0.2) is 30.1 Å². The number of amides is 1. The monoisotopic (exact) mass is 318 g/mol. The first-order valence-corrected chi connectivity index (χ1v) is 5.78. The van der Waals surface area contributed by atoms with Crippen molar-refractivity contribution in [2.24, 2.45) is 0 Å². The number of ether oxygens (including phenoxy) is 1. The number of rotatable bonds is 1. The Kier molecular flexibility index (Phi) is 3.20. The zero-order valence-corrected chi connectivity index (χ0v) is 10.5. The van der Waals surface area contributed by atoms with Crippen molar-refractivity contribution in [3.8, 4) is 0 Å². The van der Waals surface area contributed by atoms with Gasteiger partial charge in [0, 0.05) is 9.77 Å². The Morgan fingerprint density at radius 2 is 2.40 bits per heavy atom. The lowest BCUT2D eigenvalue weighted by Crippen LogP contribution is -2.46. The summed E-state index contributed by atoms with van der Waals surface area (Å²) in [6, 6.07) is 3.80. The average molecular weight is 318 g/mol. The normalized spacial score (nSPS) is 21.9. The number of carbonyl (C=O) groups is 1. The first-order chi connectivity index (χ1) is 7.16. The number of hydrogen-bond acceptors (Lipinski definition) is 3. The van der Waals surface area contributed by atoms with Gasteiger partial charge in [0.15, 0.2) is 0 Å². The Bertz CT molecular complexity index is 366. The van der Waals surface area contributed by atoms with Gasteiger partial charge in [0.2, 0.25) is 0 Å². The molecule has 1 saturated heterocycles. The summed E-state index contributed by atoms with van der Waals surface area (Å²) in [5, 5.41) is 0. The molecular formula is C10H11IN2O2. The number of aromatic nitrogens is 1. The molecule has 0 aromatic carbocycles.